The largest absolute Gasteiger partial charge is 0.375 e. The van der Waals surface area contributed by atoms with E-state index in [0.717, 1.165) is 16.5 Å². The molecule has 0 aliphatic rings. The minimum absolute atomic E-state index is 0.135. The summed E-state index contributed by atoms with van der Waals surface area (Å²) in [6.07, 6.45) is 0. The highest BCUT2D eigenvalue weighted by molar-refractivity contribution is 7.80. The topological polar surface area (TPSA) is 67.3 Å². The Morgan fingerprint density at radius 1 is 1.12 bits per heavy atom. The van der Waals surface area contributed by atoms with Crippen molar-refractivity contribution in [1.29, 1.82) is 0 Å². The van der Waals surface area contributed by atoms with E-state index in [1.165, 1.54) is 5.12 Å². The fraction of sp³-hybridized carbons (Fsp3) is 0. The molecule has 0 aromatic heterocycles. The Labute approximate surface area is 98.8 Å². The van der Waals surface area contributed by atoms with E-state index in [9.17, 15) is 0 Å². The standard InChI is InChI=1S/C11H12N4S/c12-11(16)14-15(13)10-7-3-5-8-4-1-2-6-9(8)10/h1-7H,13H2,(H3,12,14,16). The van der Waals surface area contributed by atoms with Gasteiger partial charge in [0.2, 0.25) is 0 Å². The van der Waals surface area contributed by atoms with E-state index in [0.29, 0.717) is 0 Å². The van der Waals surface area contributed by atoms with Crippen LogP contribution in [0.15, 0.2) is 42.5 Å². The maximum Gasteiger partial charge on any atom is 0.183 e. The average Bonchev–Trinajstić information content (AvgIpc) is 2.27. The van der Waals surface area contributed by atoms with Gasteiger partial charge in [-0.05, 0) is 23.7 Å². The molecule has 2 aromatic carbocycles. The second-order valence-electron chi connectivity index (χ2n) is 3.34. The van der Waals surface area contributed by atoms with Crippen molar-refractivity contribution in [3.05, 3.63) is 42.5 Å². The number of nitrogens with zero attached hydrogens (tertiary/aromatic N) is 1. The van der Waals surface area contributed by atoms with Crippen LogP contribution in [0.25, 0.3) is 10.8 Å². The SMILES string of the molecule is NC(=S)NN(N)c1cccc2ccccc12. The first-order valence-electron chi connectivity index (χ1n) is 4.77. The third-order valence-electron chi connectivity index (χ3n) is 2.26. The zero-order chi connectivity index (χ0) is 11.5. The van der Waals surface area contributed by atoms with Crippen molar-refractivity contribution in [2.75, 3.05) is 5.12 Å². The van der Waals surface area contributed by atoms with E-state index in [1.54, 1.807) is 0 Å². The number of rotatable bonds is 2. The van der Waals surface area contributed by atoms with Crippen LogP contribution in [0.4, 0.5) is 5.69 Å². The van der Waals surface area contributed by atoms with E-state index in [2.05, 4.69) is 5.43 Å². The van der Waals surface area contributed by atoms with Gasteiger partial charge < -0.3 is 5.73 Å². The molecule has 2 rings (SSSR count). The zero-order valence-electron chi connectivity index (χ0n) is 8.55. The van der Waals surface area contributed by atoms with Crippen LogP contribution in [0.1, 0.15) is 0 Å². The Kier molecular flexibility index (Phi) is 2.89. The van der Waals surface area contributed by atoms with Crippen molar-refractivity contribution in [1.82, 2.24) is 5.43 Å². The number of anilines is 1. The van der Waals surface area contributed by atoms with Crippen LogP contribution in [0.2, 0.25) is 0 Å². The predicted octanol–water partition coefficient (Wildman–Crippen LogP) is 1.27. The summed E-state index contributed by atoms with van der Waals surface area (Å²) in [5.74, 6) is 5.82. The molecule has 0 saturated carbocycles. The minimum Gasteiger partial charge on any atom is -0.375 e. The van der Waals surface area contributed by atoms with Crippen molar-refractivity contribution in [2.24, 2.45) is 11.6 Å². The molecule has 2 aromatic rings. The summed E-state index contributed by atoms with van der Waals surface area (Å²) in [5.41, 5.74) is 8.87. The fourth-order valence-corrected chi connectivity index (χ4v) is 1.70. The van der Waals surface area contributed by atoms with Crippen molar-refractivity contribution in [3.8, 4) is 0 Å². The second-order valence-corrected chi connectivity index (χ2v) is 3.78. The highest BCUT2D eigenvalue weighted by atomic mass is 32.1. The first-order chi connectivity index (χ1) is 7.68. The highest BCUT2D eigenvalue weighted by Crippen LogP contribution is 2.23. The minimum atomic E-state index is 0.135. The third kappa shape index (κ3) is 2.05. The number of hydrogen-bond donors (Lipinski definition) is 3. The Morgan fingerprint density at radius 3 is 2.56 bits per heavy atom. The first-order valence-corrected chi connectivity index (χ1v) is 5.18. The molecular weight excluding hydrogens is 220 g/mol. The molecule has 5 N–H and O–H groups in total. The number of hydrogen-bond acceptors (Lipinski definition) is 3. The maximum absolute atomic E-state index is 5.82. The zero-order valence-corrected chi connectivity index (χ0v) is 9.37. The maximum atomic E-state index is 5.82. The lowest BCUT2D eigenvalue weighted by molar-refractivity contribution is 0.819. The van der Waals surface area contributed by atoms with E-state index < -0.39 is 0 Å². The van der Waals surface area contributed by atoms with E-state index in [4.69, 9.17) is 23.8 Å². The molecule has 0 aliphatic heterocycles. The smallest absolute Gasteiger partial charge is 0.183 e. The Balaban J connectivity index is 2.47. The molecule has 0 bridgehead atoms. The number of nitrogens with one attached hydrogen (secondary N) is 1. The molecule has 0 radical (unpaired) electrons. The molecule has 0 fully saturated rings. The van der Waals surface area contributed by atoms with Gasteiger partial charge in [0, 0.05) is 5.39 Å². The molecule has 0 amide bonds. The molecule has 0 spiro atoms. The second kappa shape index (κ2) is 4.34. The Bertz CT molecular complexity index is 521. The molecule has 16 heavy (non-hydrogen) atoms. The lowest BCUT2D eigenvalue weighted by atomic mass is 10.1. The van der Waals surface area contributed by atoms with Crippen LogP contribution in [0, 0.1) is 0 Å². The Hall–Kier alpha value is -1.85. The van der Waals surface area contributed by atoms with E-state index in [-0.39, 0.29) is 5.11 Å². The third-order valence-corrected chi connectivity index (χ3v) is 2.35. The lowest BCUT2D eigenvalue weighted by Crippen LogP contribution is -2.49. The van der Waals surface area contributed by atoms with Crippen LogP contribution in [0.3, 0.4) is 0 Å². The molecule has 0 saturated heterocycles. The fourth-order valence-electron chi connectivity index (χ4n) is 1.60. The van der Waals surface area contributed by atoms with Crippen molar-refractivity contribution >= 4 is 33.8 Å². The molecule has 0 heterocycles. The monoisotopic (exact) mass is 232 g/mol. The molecule has 5 heteroatoms. The average molecular weight is 232 g/mol. The number of benzene rings is 2. The molecule has 4 nitrogen and oxygen atoms in total. The van der Waals surface area contributed by atoms with Crippen LogP contribution in [-0.4, -0.2) is 5.11 Å². The summed E-state index contributed by atoms with van der Waals surface area (Å²) in [6.45, 7) is 0. The molecule has 0 aliphatic carbocycles. The van der Waals surface area contributed by atoms with Crippen LogP contribution >= 0.6 is 12.2 Å². The normalized spacial score (nSPS) is 10.1. The molecule has 0 atom stereocenters. The van der Waals surface area contributed by atoms with Crippen molar-refractivity contribution in [2.45, 2.75) is 0 Å². The quantitative estimate of drug-likeness (QED) is 0.413. The number of thiocarbonyl (C=S) groups is 1. The number of hydrazine groups is 2. The summed E-state index contributed by atoms with van der Waals surface area (Å²) in [6, 6.07) is 13.8. The number of fused-ring (bicyclic) bond motifs is 1. The van der Waals surface area contributed by atoms with Crippen LogP contribution in [-0.2, 0) is 0 Å². The van der Waals surface area contributed by atoms with Gasteiger partial charge in [0.1, 0.15) is 0 Å². The predicted molar refractivity (Wildman–Crippen MR) is 70.5 cm³/mol. The Morgan fingerprint density at radius 2 is 1.81 bits per heavy atom. The van der Waals surface area contributed by atoms with Gasteiger partial charge in [-0.15, -0.1) is 0 Å². The summed E-state index contributed by atoms with van der Waals surface area (Å²) in [7, 11) is 0. The van der Waals surface area contributed by atoms with Gasteiger partial charge in [0.05, 0.1) is 5.69 Å². The van der Waals surface area contributed by atoms with Crippen LogP contribution < -0.4 is 22.1 Å². The van der Waals surface area contributed by atoms with Gasteiger partial charge in [0.25, 0.3) is 0 Å². The molecular formula is C11H12N4S. The summed E-state index contributed by atoms with van der Waals surface area (Å²) >= 11 is 4.74. The summed E-state index contributed by atoms with van der Waals surface area (Å²) in [4.78, 5) is 0. The molecule has 0 unspecified atom stereocenters. The van der Waals surface area contributed by atoms with Gasteiger partial charge >= 0.3 is 0 Å². The lowest BCUT2D eigenvalue weighted by Gasteiger charge is -2.20. The van der Waals surface area contributed by atoms with Gasteiger partial charge in [-0.3, -0.25) is 5.43 Å². The summed E-state index contributed by atoms with van der Waals surface area (Å²) in [5, 5.41) is 3.61. The van der Waals surface area contributed by atoms with Crippen molar-refractivity contribution < 1.29 is 0 Å². The summed E-state index contributed by atoms with van der Waals surface area (Å²) < 4.78 is 0. The highest BCUT2D eigenvalue weighted by Gasteiger charge is 2.05. The molecule has 82 valence electrons. The van der Waals surface area contributed by atoms with E-state index >= 15 is 0 Å². The first kappa shape index (κ1) is 10.7. The van der Waals surface area contributed by atoms with Gasteiger partial charge in [-0.25, -0.2) is 11.0 Å². The van der Waals surface area contributed by atoms with Crippen LogP contribution in [0.5, 0.6) is 0 Å². The van der Waals surface area contributed by atoms with Gasteiger partial charge in [0.15, 0.2) is 5.11 Å². The van der Waals surface area contributed by atoms with Gasteiger partial charge in [-0.2, -0.15) is 0 Å². The van der Waals surface area contributed by atoms with Gasteiger partial charge in [-0.1, -0.05) is 36.4 Å². The van der Waals surface area contributed by atoms with Crippen molar-refractivity contribution in [3.63, 3.8) is 0 Å². The number of nitrogens with two attached hydrogens (primary N) is 2. The van der Waals surface area contributed by atoms with E-state index in [1.807, 2.05) is 42.5 Å².